The van der Waals surface area contributed by atoms with Gasteiger partial charge in [-0.15, -0.1) is 0 Å². The van der Waals surface area contributed by atoms with Gasteiger partial charge >= 0.3 is 12.4 Å². The molecule has 2 aromatic heterocycles. The van der Waals surface area contributed by atoms with E-state index in [-0.39, 0.29) is 16.9 Å². The molecule has 27 heavy (non-hydrogen) atoms. The van der Waals surface area contributed by atoms with Crippen molar-refractivity contribution in [1.29, 1.82) is 0 Å². The van der Waals surface area contributed by atoms with Crippen LogP contribution >= 0.6 is 11.6 Å². The van der Waals surface area contributed by atoms with Gasteiger partial charge in [-0.05, 0) is 26.0 Å². The fraction of sp³-hybridized carbons (Fsp3) is 0.429. The summed E-state index contributed by atoms with van der Waals surface area (Å²) in [5.41, 5.74) is -0.127. The molecule has 0 saturated carbocycles. The summed E-state index contributed by atoms with van der Waals surface area (Å²) in [4.78, 5) is 14.7. The third-order valence-electron chi connectivity index (χ3n) is 3.09. The zero-order valence-corrected chi connectivity index (χ0v) is 14.4. The molecular weight excluding hydrogens is 402 g/mol. The van der Waals surface area contributed by atoms with Crippen molar-refractivity contribution in [3.05, 3.63) is 23.3 Å². The second kappa shape index (κ2) is 7.71. The number of alkyl halides is 6. The highest BCUT2D eigenvalue weighted by Gasteiger charge is 2.38. The molecule has 0 aromatic carbocycles. The van der Waals surface area contributed by atoms with Gasteiger partial charge in [-0.1, -0.05) is 17.7 Å². The van der Waals surface area contributed by atoms with Crippen LogP contribution in [0.25, 0.3) is 11.5 Å². The van der Waals surface area contributed by atoms with Crippen LogP contribution in [-0.4, -0.2) is 44.3 Å². The average Bonchev–Trinajstić information content (AvgIpc) is 2.54. The maximum Gasteiger partial charge on any atom is 0.408 e. The quantitative estimate of drug-likeness (QED) is 0.558. The number of aromatic nitrogens is 4. The van der Waals surface area contributed by atoms with E-state index in [2.05, 4.69) is 19.9 Å². The molecule has 0 spiro atoms. The maximum atomic E-state index is 13.0. The normalized spacial score (nSPS) is 16.8. The summed E-state index contributed by atoms with van der Waals surface area (Å²) in [5.74, 6) is -1.93. The number of hydrogen-bond acceptors (Lipinski definition) is 6. The smallest absolute Gasteiger partial charge is 0.343 e. The van der Waals surface area contributed by atoms with E-state index in [1.807, 2.05) is 5.32 Å². The Hall–Kier alpha value is -2.37. The van der Waals surface area contributed by atoms with Gasteiger partial charge in [0.2, 0.25) is 11.9 Å². The second-order valence-electron chi connectivity index (χ2n) is 5.23. The van der Waals surface area contributed by atoms with Crippen LogP contribution in [-0.2, 0) is 0 Å². The molecular formula is C14H13ClF6N6. The van der Waals surface area contributed by atoms with E-state index in [0.29, 0.717) is 6.92 Å². The zero-order valence-electron chi connectivity index (χ0n) is 15.7. The molecule has 0 radical (unpaired) electrons. The van der Waals surface area contributed by atoms with Crippen molar-refractivity contribution in [2.45, 2.75) is 38.3 Å². The predicted octanol–water partition coefficient (Wildman–Crippen LogP) is 4.31. The molecule has 0 bridgehead atoms. The van der Waals surface area contributed by atoms with Crippen LogP contribution in [0.3, 0.4) is 0 Å². The van der Waals surface area contributed by atoms with E-state index in [9.17, 15) is 26.3 Å². The summed E-state index contributed by atoms with van der Waals surface area (Å²) in [6.45, 7) is 1.23. The largest absolute Gasteiger partial charge is 0.408 e. The van der Waals surface area contributed by atoms with Crippen LogP contribution in [0.5, 0.6) is 0 Å². The summed E-state index contributed by atoms with van der Waals surface area (Å²) in [6, 6.07) is -3.15. The Morgan fingerprint density at radius 3 is 2.11 bits per heavy atom. The Bertz CT molecular complexity index is 892. The Kier molecular flexibility index (Phi) is 5.14. The monoisotopic (exact) mass is 416 g/mol. The molecule has 2 N–H and O–H groups in total. The first-order chi connectivity index (χ1) is 13.1. The van der Waals surface area contributed by atoms with Gasteiger partial charge < -0.3 is 10.6 Å². The highest BCUT2D eigenvalue weighted by molar-refractivity contribution is 6.29. The molecule has 2 rings (SSSR count). The van der Waals surface area contributed by atoms with Gasteiger partial charge in [0.05, 0.1) is 2.74 Å². The molecule has 0 saturated heterocycles. The van der Waals surface area contributed by atoms with Crippen LogP contribution in [0, 0.1) is 0 Å². The predicted molar refractivity (Wildman–Crippen MR) is 86.3 cm³/mol. The van der Waals surface area contributed by atoms with Crippen LogP contribution in [0.4, 0.5) is 38.2 Å². The Morgan fingerprint density at radius 2 is 1.59 bits per heavy atom. The average molecular weight is 417 g/mol. The van der Waals surface area contributed by atoms with Crippen LogP contribution in [0.15, 0.2) is 18.2 Å². The van der Waals surface area contributed by atoms with Crippen molar-refractivity contribution in [1.82, 2.24) is 19.9 Å². The molecule has 13 heteroatoms. The number of hydrogen-bond donors (Lipinski definition) is 2. The third kappa shape index (κ3) is 5.81. The fourth-order valence-electron chi connectivity index (χ4n) is 1.61. The number of anilines is 2. The lowest BCUT2D eigenvalue weighted by atomic mass is 10.3. The van der Waals surface area contributed by atoms with Crippen LogP contribution < -0.4 is 10.6 Å². The van der Waals surface area contributed by atoms with E-state index in [1.54, 1.807) is 5.32 Å². The van der Waals surface area contributed by atoms with Gasteiger partial charge in [0.25, 0.3) is 0 Å². The summed E-state index contributed by atoms with van der Waals surface area (Å²) in [7, 11) is 0. The maximum absolute atomic E-state index is 13.0. The second-order valence-corrected chi connectivity index (χ2v) is 5.59. The first-order valence-electron chi connectivity index (χ1n) is 8.18. The van der Waals surface area contributed by atoms with E-state index in [1.165, 1.54) is 12.1 Å². The van der Waals surface area contributed by atoms with E-state index in [0.717, 1.165) is 6.92 Å². The minimum Gasteiger partial charge on any atom is -0.343 e. The topological polar surface area (TPSA) is 75.6 Å². The van der Waals surface area contributed by atoms with Gasteiger partial charge in [-0.2, -0.15) is 41.3 Å². The zero-order chi connectivity index (χ0) is 22.2. The summed E-state index contributed by atoms with van der Waals surface area (Å²) < 4.78 is 92.2. The fourth-order valence-corrected chi connectivity index (χ4v) is 1.77. The Labute approximate surface area is 157 Å². The number of nitrogens with one attached hydrogen (secondary N) is 2. The van der Waals surface area contributed by atoms with Crippen molar-refractivity contribution in [3.63, 3.8) is 0 Å². The van der Waals surface area contributed by atoms with Gasteiger partial charge in [-0.25, -0.2) is 4.98 Å². The Balaban J connectivity index is 2.52. The van der Waals surface area contributed by atoms with Gasteiger partial charge in [0.1, 0.15) is 22.9 Å². The van der Waals surface area contributed by atoms with Crippen molar-refractivity contribution in [2.75, 3.05) is 10.6 Å². The number of rotatable bonds is 5. The number of nitrogens with zero attached hydrogens (tertiary/aromatic N) is 4. The lowest BCUT2D eigenvalue weighted by molar-refractivity contribution is -0.139. The molecule has 0 unspecified atom stereocenters. The lowest BCUT2D eigenvalue weighted by Crippen LogP contribution is -2.35. The minimum absolute atomic E-state index is 0.127. The molecule has 0 fully saturated rings. The van der Waals surface area contributed by atoms with Crippen molar-refractivity contribution >= 4 is 23.5 Å². The number of halogens is 7. The summed E-state index contributed by atoms with van der Waals surface area (Å²) >= 11 is 5.73. The molecule has 2 atom stereocenters. The SMILES string of the molecule is [2H]c1ccc(-c2nc(N[C@H](C)C(F)(F)F)nc(N[C@]([2H])(C)C(F)(F)F)n2)nc1Cl. The highest BCUT2D eigenvalue weighted by Crippen LogP contribution is 2.26. The minimum atomic E-state index is -5.04. The van der Waals surface area contributed by atoms with Gasteiger partial charge in [-0.3, -0.25) is 0 Å². The molecule has 2 aromatic rings. The van der Waals surface area contributed by atoms with Crippen molar-refractivity contribution < 1.29 is 29.1 Å². The summed E-state index contributed by atoms with van der Waals surface area (Å²) in [6.07, 6.45) is -9.73. The van der Waals surface area contributed by atoms with Crippen molar-refractivity contribution in [2.24, 2.45) is 0 Å². The third-order valence-corrected chi connectivity index (χ3v) is 3.28. The first-order valence-corrected chi connectivity index (χ1v) is 7.56. The Morgan fingerprint density at radius 1 is 1.00 bits per heavy atom. The van der Waals surface area contributed by atoms with Crippen LogP contribution in [0.2, 0.25) is 5.15 Å². The molecule has 2 heterocycles. The lowest BCUT2D eigenvalue weighted by Gasteiger charge is -2.20. The molecule has 0 aliphatic heterocycles. The van der Waals surface area contributed by atoms with Crippen LogP contribution in [0.1, 0.15) is 16.6 Å². The molecule has 0 amide bonds. The number of pyridine rings is 1. The van der Waals surface area contributed by atoms with E-state index in [4.69, 9.17) is 14.3 Å². The van der Waals surface area contributed by atoms with Crippen molar-refractivity contribution in [3.8, 4) is 11.5 Å². The highest BCUT2D eigenvalue weighted by atomic mass is 35.5. The summed E-state index contributed by atoms with van der Waals surface area (Å²) in [5, 5.41) is 3.34. The molecule has 0 aliphatic rings. The van der Waals surface area contributed by atoms with Gasteiger partial charge in [0.15, 0.2) is 5.82 Å². The molecule has 0 aliphatic carbocycles. The van der Waals surface area contributed by atoms with Gasteiger partial charge in [0, 0.05) is 0 Å². The molecule has 148 valence electrons. The molecule has 6 nitrogen and oxygen atoms in total. The first kappa shape index (κ1) is 18.0. The van der Waals surface area contributed by atoms with E-state index < -0.39 is 42.1 Å². The standard InChI is InChI=1S/C14H13ClF6N6/c1-6(13(16,17)18)22-11-25-10(8-4-3-5-9(15)24-8)26-12(27-11)23-7(2)14(19,20)21/h3-7H,1-2H3,(H2,22,23,25,26,27)/t6-,7-/m1/s1/i5D,6D. The van der Waals surface area contributed by atoms with E-state index >= 15 is 0 Å².